The van der Waals surface area contributed by atoms with E-state index in [0.717, 1.165) is 85.0 Å². The number of hydrogen-bond acceptors (Lipinski definition) is 7. The van der Waals surface area contributed by atoms with E-state index in [1.807, 2.05) is 13.1 Å². The summed E-state index contributed by atoms with van der Waals surface area (Å²) < 4.78 is 41.9. The van der Waals surface area contributed by atoms with Gasteiger partial charge in [0.1, 0.15) is 5.01 Å². The summed E-state index contributed by atoms with van der Waals surface area (Å²) in [5, 5.41) is 4.18. The number of nitrogens with zero attached hydrogens (tertiary/aromatic N) is 3. The van der Waals surface area contributed by atoms with E-state index in [1.165, 1.54) is 11.3 Å². The quantitative estimate of drug-likeness (QED) is 0.557. The number of halogens is 3. The number of hydrogen-bond donors (Lipinski definition) is 1. The molecule has 0 saturated heterocycles. The standard InChI is InChI=1S/C23H31F3N4O2S2/c1-15-13-27-21(33-15)12-20(31)28-17-4-2-16(3-5-17)6-9-30-10-7-18-19(8-11-30)34-22(29-18)32-14-23(24,25)26/h13,16-17H,2-12,14H2,1H3,(H,28,31). The largest absolute Gasteiger partial charge is 0.460 e. The lowest BCUT2D eigenvalue weighted by atomic mass is 9.84. The van der Waals surface area contributed by atoms with E-state index in [2.05, 4.69) is 20.2 Å². The minimum atomic E-state index is -4.34. The van der Waals surface area contributed by atoms with Crippen molar-refractivity contribution in [1.29, 1.82) is 0 Å². The first-order valence-electron chi connectivity index (χ1n) is 11.8. The van der Waals surface area contributed by atoms with Crippen molar-refractivity contribution in [2.24, 2.45) is 5.92 Å². The van der Waals surface area contributed by atoms with Crippen LogP contribution in [0.25, 0.3) is 0 Å². The predicted octanol–water partition coefficient (Wildman–Crippen LogP) is 4.56. The van der Waals surface area contributed by atoms with E-state index in [-0.39, 0.29) is 17.1 Å². The molecule has 1 saturated carbocycles. The summed E-state index contributed by atoms with van der Waals surface area (Å²) in [4.78, 5) is 25.5. The number of nitrogens with one attached hydrogen (secondary N) is 1. The predicted molar refractivity (Wildman–Crippen MR) is 127 cm³/mol. The zero-order chi connectivity index (χ0) is 24.1. The molecule has 1 aliphatic carbocycles. The van der Waals surface area contributed by atoms with E-state index in [9.17, 15) is 18.0 Å². The summed E-state index contributed by atoms with van der Waals surface area (Å²) in [7, 11) is 0. The monoisotopic (exact) mass is 516 g/mol. The second-order valence-corrected chi connectivity index (χ2v) is 11.6. The molecule has 0 spiro atoms. The van der Waals surface area contributed by atoms with Crippen LogP contribution in [0.4, 0.5) is 13.2 Å². The van der Waals surface area contributed by atoms with Crippen molar-refractivity contribution in [3.8, 4) is 5.19 Å². The molecule has 1 N–H and O–H groups in total. The Balaban J connectivity index is 1.13. The Morgan fingerprint density at radius 1 is 1.21 bits per heavy atom. The zero-order valence-corrected chi connectivity index (χ0v) is 21.0. The van der Waals surface area contributed by atoms with Gasteiger partial charge in [-0.2, -0.15) is 13.2 Å². The van der Waals surface area contributed by atoms with E-state index in [4.69, 9.17) is 4.74 Å². The number of carbonyl (C=O) groups excluding carboxylic acids is 1. The molecule has 188 valence electrons. The molecule has 1 fully saturated rings. The van der Waals surface area contributed by atoms with Crippen LogP contribution in [0.2, 0.25) is 0 Å². The summed E-state index contributed by atoms with van der Waals surface area (Å²) in [6.07, 6.45) is 4.83. The molecular weight excluding hydrogens is 485 g/mol. The number of rotatable bonds is 8. The lowest BCUT2D eigenvalue weighted by Gasteiger charge is -2.30. The van der Waals surface area contributed by atoms with Crippen LogP contribution in [-0.4, -0.2) is 59.2 Å². The highest BCUT2D eigenvalue weighted by molar-refractivity contribution is 7.13. The average Bonchev–Trinajstić information content (AvgIpc) is 3.32. The van der Waals surface area contributed by atoms with Gasteiger partial charge in [-0.3, -0.25) is 4.79 Å². The molecule has 2 aromatic rings. The van der Waals surface area contributed by atoms with Gasteiger partial charge in [-0.05, 0) is 57.9 Å². The molecule has 0 bridgehead atoms. The number of ether oxygens (including phenoxy) is 1. The number of aryl methyl sites for hydroxylation is 1. The molecule has 2 aromatic heterocycles. The first-order chi connectivity index (χ1) is 16.2. The fourth-order valence-electron chi connectivity index (χ4n) is 4.67. The van der Waals surface area contributed by atoms with Crippen LogP contribution in [-0.2, 0) is 24.1 Å². The minimum Gasteiger partial charge on any atom is -0.460 e. The number of carbonyl (C=O) groups is 1. The normalized spacial score (nSPS) is 21.6. The SMILES string of the molecule is Cc1cnc(CC(=O)NC2CCC(CCN3CCc4nc(OCC(F)(F)F)sc4CC3)CC2)s1. The smallest absolute Gasteiger partial charge is 0.422 e. The molecule has 3 heterocycles. The van der Waals surface area contributed by atoms with Crippen molar-refractivity contribution < 1.29 is 22.7 Å². The van der Waals surface area contributed by atoms with Gasteiger partial charge in [0.2, 0.25) is 5.91 Å². The summed E-state index contributed by atoms with van der Waals surface area (Å²) >= 11 is 2.82. The Hall–Kier alpha value is -1.72. The van der Waals surface area contributed by atoms with Gasteiger partial charge in [-0.25, -0.2) is 9.97 Å². The number of amides is 1. The van der Waals surface area contributed by atoms with E-state index in [1.54, 1.807) is 11.3 Å². The average molecular weight is 517 g/mol. The van der Waals surface area contributed by atoms with Crippen LogP contribution in [0.3, 0.4) is 0 Å². The van der Waals surface area contributed by atoms with Crippen molar-refractivity contribution >= 4 is 28.6 Å². The van der Waals surface area contributed by atoms with Crippen LogP contribution >= 0.6 is 22.7 Å². The molecule has 0 unspecified atom stereocenters. The maximum Gasteiger partial charge on any atom is 0.422 e. The number of thiazole rings is 2. The van der Waals surface area contributed by atoms with Crippen molar-refractivity contribution in [3.63, 3.8) is 0 Å². The molecule has 4 rings (SSSR count). The highest BCUT2D eigenvalue weighted by Crippen LogP contribution is 2.31. The Morgan fingerprint density at radius 3 is 2.68 bits per heavy atom. The number of aromatic nitrogens is 2. The van der Waals surface area contributed by atoms with Crippen molar-refractivity contribution in [1.82, 2.24) is 20.2 Å². The maximum atomic E-state index is 12.4. The van der Waals surface area contributed by atoms with Gasteiger partial charge in [-0.1, -0.05) is 11.3 Å². The highest BCUT2D eigenvalue weighted by Gasteiger charge is 2.30. The first-order valence-corrected chi connectivity index (χ1v) is 13.5. The van der Waals surface area contributed by atoms with E-state index >= 15 is 0 Å². The van der Waals surface area contributed by atoms with Gasteiger partial charge >= 0.3 is 6.18 Å². The lowest BCUT2D eigenvalue weighted by Crippen LogP contribution is -2.39. The van der Waals surface area contributed by atoms with Gasteiger partial charge in [0.05, 0.1) is 12.1 Å². The third-order valence-corrected chi connectivity index (χ3v) is 8.47. The maximum absolute atomic E-state index is 12.4. The van der Waals surface area contributed by atoms with Gasteiger partial charge in [-0.15, -0.1) is 11.3 Å². The van der Waals surface area contributed by atoms with Gasteiger partial charge in [0.25, 0.3) is 5.19 Å². The zero-order valence-electron chi connectivity index (χ0n) is 19.3. The molecule has 34 heavy (non-hydrogen) atoms. The van der Waals surface area contributed by atoms with Crippen molar-refractivity contribution in [2.45, 2.75) is 70.5 Å². The van der Waals surface area contributed by atoms with E-state index in [0.29, 0.717) is 12.3 Å². The van der Waals surface area contributed by atoms with Crippen LogP contribution < -0.4 is 10.1 Å². The minimum absolute atomic E-state index is 0.0652. The fourth-order valence-corrected chi connectivity index (χ4v) is 6.40. The lowest BCUT2D eigenvalue weighted by molar-refractivity contribution is -0.153. The summed E-state index contributed by atoms with van der Waals surface area (Å²) in [5.41, 5.74) is 0.883. The van der Waals surface area contributed by atoms with E-state index < -0.39 is 12.8 Å². The summed E-state index contributed by atoms with van der Waals surface area (Å²) in [6, 6.07) is 0.263. The molecule has 2 aliphatic rings. The molecule has 0 aromatic carbocycles. The molecule has 11 heteroatoms. The summed E-state index contributed by atoms with van der Waals surface area (Å²) in [5.74, 6) is 0.739. The van der Waals surface area contributed by atoms with Crippen LogP contribution in [0.1, 0.15) is 52.6 Å². The van der Waals surface area contributed by atoms with Crippen molar-refractivity contribution in [3.05, 3.63) is 26.7 Å². The van der Waals surface area contributed by atoms with Gasteiger partial charge in [0.15, 0.2) is 6.61 Å². The Bertz CT molecular complexity index is 929. The third kappa shape index (κ3) is 7.64. The van der Waals surface area contributed by atoms with Gasteiger partial charge < -0.3 is 15.0 Å². The van der Waals surface area contributed by atoms with Crippen molar-refractivity contribution in [2.75, 3.05) is 26.2 Å². The van der Waals surface area contributed by atoms with Crippen LogP contribution in [0, 0.1) is 12.8 Å². The molecule has 1 aliphatic heterocycles. The number of alkyl halides is 3. The molecule has 0 atom stereocenters. The third-order valence-electron chi connectivity index (χ3n) is 6.48. The van der Waals surface area contributed by atoms with Crippen LogP contribution in [0.15, 0.2) is 6.20 Å². The fraction of sp³-hybridized carbons (Fsp3) is 0.696. The Morgan fingerprint density at radius 2 is 1.97 bits per heavy atom. The second-order valence-electron chi connectivity index (χ2n) is 9.21. The first kappa shape index (κ1) is 25.4. The molecule has 1 amide bonds. The second kappa shape index (κ2) is 11.3. The van der Waals surface area contributed by atoms with Gasteiger partial charge in [0, 0.05) is 41.5 Å². The molecule has 0 radical (unpaired) electrons. The molecular formula is C23H31F3N4O2S2. The highest BCUT2D eigenvalue weighted by atomic mass is 32.1. The Kier molecular flexibility index (Phi) is 8.47. The Labute approximate surface area is 205 Å². The molecule has 6 nitrogen and oxygen atoms in total. The number of fused-ring (bicyclic) bond motifs is 1. The summed E-state index contributed by atoms with van der Waals surface area (Å²) in [6.45, 7) is 3.50. The van der Waals surface area contributed by atoms with Crippen LogP contribution in [0.5, 0.6) is 5.19 Å². The topological polar surface area (TPSA) is 67.4 Å².